The third-order valence-corrected chi connectivity index (χ3v) is 6.39. The molecule has 7 nitrogen and oxygen atoms in total. The second-order valence-corrected chi connectivity index (χ2v) is 8.31. The molecule has 1 fully saturated rings. The molecule has 1 saturated heterocycles. The summed E-state index contributed by atoms with van der Waals surface area (Å²) in [6.07, 6.45) is 10.9. The van der Waals surface area contributed by atoms with Gasteiger partial charge in [-0.3, -0.25) is 4.98 Å². The lowest BCUT2D eigenvalue weighted by molar-refractivity contribution is 0.378. The first-order chi connectivity index (χ1) is 15.8. The van der Waals surface area contributed by atoms with Crippen LogP contribution in [0.5, 0.6) is 5.88 Å². The van der Waals surface area contributed by atoms with Gasteiger partial charge in [-0.05, 0) is 43.1 Å². The van der Waals surface area contributed by atoms with Gasteiger partial charge in [-0.25, -0.2) is 15.0 Å². The quantitative estimate of drug-likeness (QED) is 0.537. The fraction of sp³-hybridized carbons (Fsp3) is 0.280. The molecule has 2 aliphatic rings. The predicted molar refractivity (Wildman–Crippen MR) is 123 cm³/mol. The van der Waals surface area contributed by atoms with Crippen molar-refractivity contribution in [2.24, 2.45) is 0 Å². The lowest BCUT2D eigenvalue weighted by Gasteiger charge is -2.24. The first-order valence-electron chi connectivity index (χ1n) is 11.0. The minimum Gasteiger partial charge on any atom is -0.481 e. The largest absolute Gasteiger partial charge is 0.481 e. The smallest absolute Gasteiger partial charge is 0.213 e. The summed E-state index contributed by atoms with van der Waals surface area (Å²) in [5.74, 6) is 0.566. The average Bonchev–Trinajstić information content (AvgIpc) is 3.48. The van der Waals surface area contributed by atoms with Crippen LogP contribution in [0.2, 0.25) is 0 Å². The molecule has 3 aromatic heterocycles. The van der Waals surface area contributed by atoms with Gasteiger partial charge in [0, 0.05) is 42.4 Å². The van der Waals surface area contributed by atoms with Crippen molar-refractivity contribution < 1.29 is 4.74 Å². The van der Waals surface area contributed by atoms with E-state index >= 15 is 0 Å². The lowest BCUT2D eigenvalue weighted by atomic mass is 10.0. The van der Waals surface area contributed by atoms with Crippen LogP contribution in [0.1, 0.15) is 35.8 Å². The molecule has 1 aliphatic heterocycles. The van der Waals surface area contributed by atoms with Gasteiger partial charge in [0.05, 0.1) is 47.7 Å². The number of nitrogens with zero attached hydrogens (tertiary/aromatic N) is 5. The van der Waals surface area contributed by atoms with Crippen LogP contribution in [-0.4, -0.2) is 44.7 Å². The average molecular weight is 425 g/mol. The van der Waals surface area contributed by atoms with Gasteiger partial charge in [-0.2, -0.15) is 0 Å². The van der Waals surface area contributed by atoms with E-state index in [1.165, 1.54) is 18.4 Å². The molecular weight excluding hydrogens is 400 g/mol. The van der Waals surface area contributed by atoms with E-state index in [1.807, 2.05) is 24.7 Å². The van der Waals surface area contributed by atoms with Gasteiger partial charge < -0.3 is 14.6 Å². The maximum Gasteiger partial charge on any atom is 0.213 e. The Morgan fingerprint density at radius 3 is 2.94 bits per heavy atom. The van der Waals surface area contributed by atoms with Crippen molar-refractivity contribution in [3.05, 3.63) is 72.1 Å². The van der Waals surface area contributed by atoms with Gasteiger partial charge in [0.2, 0.25) is 5.88 Å². The molecule has 0 unspecified atom stereocenters. The molecule has 1 aromatic carbocycles. The molecule has 0 bridgehead atoms. The number of imidazole rings is 1. The third kappa shape index (κ3) is 3.26. The number of fused-ring (bicyclic) bond motifs is 2. The molecule has 160 valence electrons. The van der Waals surface area contributed by atoms with Crippen LogP contribution in [0.4, 0.5) is 0 Å². The highest BCUT2D eigenvalue weighted by molar-refractivity contribution is 5.88. The number of hydrogen-bond acceptors (Lipinski definition) is 6. The summed E-state index contributed by atoms with van der Waals surface area (Å²) in [7, 11) is 1.62. The van der Waals surface area contributed by atoms with E-state index in [0.717, 1.165) is 58.8 Å². The van der Waals surface area contributed by atoms with Crippen LogP contribution in [0.15, 0.2) is 55.1 Å². The number of methoxy groups -OCH3 is 1. The molecule has 0 radical (unpaired) electrons. The molecule has 0 saturated carbocycles. The maximum absolute atomic E-state index is 5.27. The summed E-state index contributed by atoms with van der Waals surface area (Å²) in [6, 6.07) is 10.8. The number of allylic oxidation sites excluding steroid dienone is 1. The summed E-state index contributed by atoms with van der Waals surface area (Å²) in [5, 5.41) is 3.51. The minimum atomic E-state index is 0.446. The van der Waals surface area contributed by atoms with Crippen molar-refractivity contribution in [1.29, 1.82) is 0 Å². The topological polar surface area (TPSA) is 77.8 Å². The SMILES string of the molecule is COc1cc(-c2cnc3c(n2)C(c2ccc4ncn([C@@H]5CCCNC5)c4c2)=CC3)ccn1. The summed E-state index contributed by atoms with van der Waals surface area (Å²) in [6.45, 7) is 2.09. The third-order valence-electron chi connectivity index (χ3n) is 6.39. The van der Waals surface area contributed by atoms with Gasteiger partial charge in [0.1, 0.15) is 0 Å². The number of aromatic nitrogens is 5. The van der Waals surface area contributed by atoms with E-state index < -0.39 is 0 Å². The van der Waals surface area contributed by atoms with Gasteiger partial charge in [-0.1, -0.05) is 12.1 Å². The van der Waals surface area contributed by atoms with Gasteiger partial charge in [0.25, 0.3) is 0 Å². The molecule has 4 heterocycles. The minimum absolute atomic E-state index is 0.446. The van der Waals surface area contributed by atoms with Crippen LogP contribution in [0.25, 0.3) is 27.9 Å². The first-order valence-corrected chi connectivity index (χ1v) is 11.0. The second kappa shape index (κ2) is 7.84. The zero-order valence-electron chi connectivity index (χ0n) is 18.0. The molecule has 1 aliphatic carbocycles. The van der Waals surface area contributed by atoms with Crippen molar-refractivity contribution in [3.8, 4) is 17.1 Å². The lowest BCUT2D eigenvalue weighted by Crippen LogP contribution is -2.31. The zero-order chi connectivity index (χ0) is 21.5. The van der Waals surface area contributed by atoms with Crippen molar-refractivity contribution in [1.82, 2.24) is 29.8 Å². The number of rotatable bonds is 4. The van der Waals surface area contributed by atoms with Crippen LogP contribution in [0.3, 0.4) is 0 Å². The second-order valence-electron chi connectivity index (χ2n) is 8.31. The highest BCUT2D eigenvalue weighted by atomic mass is 16.5. The Bertz CT molecular complexity index is 1340. The highest BCUT2D eigenvalue weighted by Crippen LogP contribution is 2.34. The highest BCUT2D eigenvalue weighted by Gasteiger charge is 2.22. The fourth-order valence-electron chi connectivity index (χ4n) is 4.70. The molecule has 32 heavy (non-hydrogen) atoms. The first kappa shape index (κ1) is 19.1. The monoisotopic (exact) mass is 424 g/mol. The van der Waals surface area contributed by atoms with Crippen LogP contribution in [-0.2, 0) is 6.42 Å². The van der Waals surface area contributed by atoms with Gasteiger partial charge >= 0.3 is 0 Å². The Kier molecular flexibility index (Phi) is 4.69. The van der Waals surface area contributed by atoms with E-state index in [9.17, 15) is 0 Å². The summed E-state index contributed by atoms with van der Waals surface area (Å²) >= 11 is 0. The number of benzene rings is 1. The number of nitrogens with one attached hydrogen (secondary N) is 1. The van der Waals surface area contributed by atoms with Crippen LogP contribution < -0.4 is 10.1 Å². The van der Waals surface area contributed by atoms with E-state index in [4.69, 9.17) is 14.7 Å². The van der Waals surface area contributed by atoms with Crippen molar-refractivity contribution >= 4 is 16.6 Å². The van der Waals surface area contributed by atoms with Crippen LogP contribution in [0, 0.1) is 0 Å². The Balaban J connectivity index is 1.39. The van der Waals surface area contributed by atoms with E-state index in [0.29, 0.717) is 11.9 Å². The normalized spacial score (nSPS) is 17.9. The van der Waals surface area contributed by atoms with E-state index in [-0.39, 0.29) is 0 Å². The summed E-state index contributed by atoms with van der Waals surface area (Å²) in [5.41, 5.74) is 8.20. The zero-order valence-corrected chi connectivity index (χ0v) is 18.0. The van der Waals surface area contributed by atoms with Gasteiger partial charge in [0.15, 0.2) is 0 Å². The summed E-state index contributed by atoms with van der Waals surface area (Å²) < 4.78 is 7.60. The maximum atomic E-state index is 5.27. The number of piperidine rings is 1. The Morgan fingerprint density at radius 2 is 2.06 bits per heavy atom. The standard InChI is InChI=1S/C25H24N6O/c1-32-24-12-17(8-10-27-24)22-14-28-21-7-5-19(25(21)30-22)16-4-6-20-23(11-16)31(15-29-20)18-3-2-9-26-13-18/h4-6,8,10-12,14-15,18,26H,2-3,7,9,13H2,1H3/t18-/m1/s1. The van der Waals surface area contributed by atoms with E-state index in [1.54, 1.807) is 13.3 Å². The number of ether oxygens (including phenoxy) is 1. The number of hydrogen-bond donors (Lipinski definition) is 1. The molecule has 0 amide bonds. The molecule has 6 rings (SSSR count). The molecule has 1 atom stereocenters. The van der Waals surface area contributed by atoms with Crippen LogP contribution >= 0.6 is 0 Å². The molecule has 7 heteroatoms. The molecule has 4 aromatic rings. The summed E-state index contributed by atoms with van der Waals surface area (Å²) in [4.78, 5) is 18.5. The van der Waals surface area contributed by atoms with Crippen molar-refractivity contribution in [2.45, 2.75) is 25.3 Å². The Hall–Kier alpha value is -3.58. The predicted octanol–water partition coefficient (Wildman–Crippen LogP) is 3.81. The Morgan fingerprint density at radius 1 is 1.09 bits per heavy atom. The Labute approximate surface area is 186 Å². The van der Waals surface area contributed by atoms with Crippen molar-refractivity contribution in [3.63, 3.8) is 0 Å². The van der Waals surface area contributed by atoms with Crippen molar-refractivity contribution in [2.75, 3.05) is 20.2 Å². The molecule has 0 spiro atoms. The molecule has 1 N–H and O–H groups in total. The van der Waals surface area contributed by atoms with Gasteiger partial charge in [-0.15, -0.1) is 0 Å². The number of pyridine rings is 1. The fourth-order valence-corrected chi connectivity index (χ4v) is 4.70. The molecular formula is C25H24N6O. The van der Waals surface area contributed by atoms with E-state index in [2.05, 4.69) is 44.1 Å².